The third-order valence-electron chi connectivity index (χ3n) is 3.67. The summed E-state index contributed by atoms with van der Waals surface area (Å²) in [4.78, 5) is -0.345. The van der Waals surface area contributed by atoms with Crippen LogP contribution in [0.15, 0.2) is 58.3 Å². The number of aliphatic hydroxyl groups excluding tert-OH is 1. The normalized spacial score (nSPS) is 17.1. The second-order valence-electron chi connectivity index (χ2n) is 5.35. The van der Waals surface area contributed by atoms with Crippen molar-refractivity contribution in [2.24, 2.45) is 5.14 Å². The molecule has 0 aliphatic heterocycles. The molecule has 2 aromatic rings. The fraction of sp³-hybridized carbons (Fsp3) is 0.0667. The van der Waals surface area contributed by atoms with Crippen molar-refractivity contribution in [1.29, 1.82) is 0 Å². The molecular formula is C15H13ClN2O5S2. The molecule has 0 radical (unpaired) electrons. The predicted molar refractivity (Wildman–Crippen MR) is 93.9 cm³/mol. The van der Waals surface area contributed by atoms with Crippen LogP contribution < -0.4 is 9.86 Å². The van der Waals surface area contributed by atoms with Gasteiger partial charge in [-0.05, 0) is 36.4 Å². The molecule has 10 heteroatoms. The van der Waals surface area contributed by atoms with Gasteiger partial charge < -0.3 is 5.11 Å². The van der Waals surface area contributed by atoms with Gasteiger partial charge in [-0.1, -0.05) is 23.7 Å². The highest BCUT2D eigenvalue weighted by Crippen LogP contribution is 2.41. The molecule has 1 aliphatic carbocycles. The minimum Gasteiger partial charge on any atom is -0.384 e. The number of benzene rings is 2. The molecule has 1 atom stereocenters. The Morgan fingerprint density at radius 3 is 2.20 bits per heavy atom. The van der Waals surface area contributed by atoms with E-state index < -0.39 is 26.2 Å². The highest BCUT2D eigenvalue weighted by Gasteiger charge is 2.26. The van der Waals surface area contributed by atoms with Gasteiger partial charge in [-0.3, -0.25) is 4.72 Å². The average Bonchev–Trinajstić information content (AvgIpc) is 2.82. The van der Waals surface area contributed by atoms with Crippen LogP contribution in [0.1, 0.15) is 17.2 Å². The number of nitrogens with one attached hydrogen (secondary N) is 1. The molecule has 4 N–H and O–H groups in total. The standard InChI is InChI=1S/C15H13ClN2O5S2/c16-12-8-14(19)15-11(12)2-1-3-13(15)18-25(22,23)10-6-4-9(5-7-10)24(17,20)21/h1-8,14,18-19H,(H2,17,20,21). The summed E-state index contributed by atoms with van der Waals surface area (Å²) in [5.74, 6) is 0. The van der Waals surface area contributed by atoms with E-state index in [1.54, 1.807) is 12.1 Å². The molecule has 2 aromatic carbocycles. The number of halogens is 1. The smallest absolute Gasteiger partial charge is 0.261 e. The fourth-order valence-electron chi connectivity index (χ4n) is 2.50. The summed E-state index contributed by atoms with van der Waals surface area (Å²) in [6, 6.07) is 9.25. The Morgan fingerprint density at radius 2 is 1.60 bits per heavy atom. The first-order valence-corrected chi connectivity index (χ1v) is 10.3. The van der Waals surface area contributed by atoms with Gasteiger partial charge in [0, 0.05) is 16.2 Å². The molecule has 3 rings (SSSR count). The lowest BCUT2D eigenvalue weighted by molar-refractivity contribution is 0.233. The third kappa shape index (κ3) is 3.42. The van der Waals surface area contributed by atoms with Crippen LogP contribution in [0.4, 0.5) is 5.69 Å². The number of aliphatic hydroxyl groups is 1. The minimum absolute atomic E-state index is 0.149. The molecule has 1 unspecified atom stereocenters. The number of anilines is 1. The van der Waals surface area contributed by atoms with E-state index in [0.717, 1.165) is 24.3 Å². The van der Waals surface area contributed by atoms with E-state index in [2.05, 4.69) is 4.72 Å². The Hall–Kier alpha value is -1.91. The van der Waals surface area contributed by atoms with Crippen LogP contribution in [0.3, 0.4) is 0 Å². The average molecular weight is 401 g/mol. The molecule has 1 aliphatic rings. The van der Waals surface area contributed by atoms with E-state index in [9.17, 15) is 21.9 Å². The van der Waals surface area contributed by atoms with E-state index in [1.807, 2.05) is 0 Å². The summed E-state index contributed by atoms with van der Waals surface area (Å²) in [7, 11) is -7.92. The van der Waals surface area contributed by atoms with E-state index >= 15 is 0 Å². The van der Waals surface area contributed by atoms with Gasteiger partial charge in [0.05, 0.1) is 15.5 Å². The lowest BCUT2D eigenvalue weighted by atomic mass is 10.1. The number of rotatable bonds is 4. The largest absolute Gasteiger partial charge is 0.384 e. The van der Waals surface area contributed by atoms with Crippen molar-refractivity contribution in [3.8, 4) is 0 Å². The SMILES string of the molecule is NS(=O)(=O)c1ccc(S(=O)(=O)Nc2cccc3c2C(O)C=C3Cl)cc1. The van der Waals surface area contributed by atoms with Crippen molar-refractivity contribution in [3.63, 3.8) is 0 Å². The summed E-state index contributed by atoms with van der Waals surface area (Å²) >= 11 is 6.01. The number of hydrogen-bond donors (Lipinski definition) is 3. The first kappa shape index (κ1) is 17.9. The molecule has 0 spiro atoms. The zero-order valence-electron chi connectivity index (χ0n) is 12.5. The van der Waals surface area contributed by atoms with E-state index in [4.69, 9.17) is 16.7 Å². The highest BCUT2D eigenvalue weighted by atomic mass is 35.5. The van der Waals surface area contributed by atoms with Crippen LogP contribution in [0.5, 0.6) is 0 Å². The lowest BCUT2D eigenvalue weighted by Gasteiger charge is -2.14. The van der Waals surface area contributed by atoms with Gasteiger partial charge in [-0.2, -0.15) is 0 Å². The number of hydrogen-bond acceptors (Lipinski definition) is 5. The number of fused-ring (bicyclic) bond motifs is 1. The maximum atomic E-state index is 12.5. The maximum Gasteiger partial charge on any atom is 0.261 e. The first-order valence-electron chi connectivity index (χ1n) is 6.94. The third-order valence-corrected chi connectivity index (χ3v) is 6.31. The molecule has 0 saturated heterocycles. The van der Waals surface area contributed by atoms with Crippen molar-refractivity contribution in [3.05, 3.63) is 59.7 Å². The first-order chi connectivity index (χ1) is 11.6. The number of sulfonamides is 2. The molecule has 0 aromatic heterocycles. The van der Waals surface area contributed by atoms with E-state index in [-0.39, 0.29) is 15.5 Å². The maximum absolute atomic E-state index is 12.5. The Balaban J connectivity index is 1.97. The molecule has 25 heavy (non-hydrogen) atoms. The Morgan fingerprint density at radius 1 is 1.00 bits per heavy atom. The second-order valence-corrected chi connectivity index (χ2v) is 9.00. The minimum atomic E-state index is -4.00. The summed E-state index contributed by atoms with van der Waals surface area (Å²) in [6.45, 7) is 0. The van der Waals surface area contributed by atoms with Gasteiger partial charge in [0.25, 0.3) is 10.0 Å². The second kappa shape index (κ2) is 6.11. The molecule has 0 fully saturated rings. The summed E-state index contributed by atoms with van der Waals surface area (Å²) < 4.78 is 49.9. The van der Waals surface area contributed by atoms with Gasteiger partial charge >= 0.3 is 0 Å². The van der Waals surface area contributed by atoms with Crippen molar-refractivity contribution < 1.29 is 21.9 Å². The Labute approximate surface area is 149 Å². The Bertz CT molecular complexity index is 1080. The molecule has 0 amide bonds. The van der Waals surface area contributed by atoms with Crippen LogP contribution in [-0.2, 0) is 20.0 Å². The van der Waals surface area contributed by atoms with Gasteiger partial charge in [0.2, 0.25) is 10.0 Å². The van der Waals surface area contributed by atoms with Crippen molar-refractivity contribution in [1.82, 2.24) is 0 Å². The van der Waals surface area contributed by atoms with Crippen LogP contribution >= 0.6 is 11.6 Å². The molecule has 7 nitrogen and oxygen atoms in total. The monoisotopic (exact) mass is 400 g/mol. The lowest BCUT2D eigenvalue weighted by Crippen LogP contribution is -2.16. The summed E-state index contributed by atoms with van der Waals surface area (Å²) in [5, 5.41) is 15.4. The quantitative estimate of drug-likeness (QED) is 0.720. The molecular weight excluding hydrogens is 388 g/mol. The number of primary sulfonamides is 1. The van der Waals surface area contributed by atoms with Crippen LogP contribution in [-0.4, -0.2) is 21.9 Å². The van der Waals surface area contributed by atoms with Crippen LogP contribution in [0.25, 0.3) is 5.03 Å². The Kier molecular flexibility index (Phi) is 4.38. The highest BCUT2D eigenvalue weighted by molar-refractivity contribution is 7.92. The fourth-order valence-corrected chi connectivity index (χ4v) is 4.38. The van der Waals surface area contributed by atoms with Gasteiger partial charge in [0.1, 0.15) is 6.10 Å². The molecule has 132 valence electrons. The van der Waals surface area contributed by atoms with Crippen LogP contribution in [0, 0.1) is 0 Å². The predicted octanol–water partition coefficient (Wildman–Crippen LogP) is 1.76. The van der Waals surface area contributed by atoms with Gasteiger partial charge in [-0.15, -0.1) is 0 Å². The number of nitrogens with two attached hydrogens (primary N) is 1. The zero-order chi connectivity index (χ0) is 18.4. The molecule has 0 bridgehead atoms. The summed E-state index contributed by atoms with van der Waals surface area (Å²) in [6.07, 6.45) is 0.386. The molecule has 0 heterocycles. The van der Waals surface area contributed by atoms with Crippen LogP contribution in [0.2, 0.25) is 0 Å². The van der Waals surface area contributed by atoms with Gasteiger partial charge in [-0.25, -0.2) is 22.0 Å². The van der Waals surface area contributed by atoms with Crippen molar-refractivity contribution >= 4 is 42.4 Å². The van der Waals surface area contributed by atoms with Gasteiger partial charge in [0.15, 0.2) is 0 Å². The van der Waals surface area contributed by atoms with E-state index in [0.29, 0.717) is 16.2 Å². The zero-order valence-corrected chi connectivity index (χ0v) is 14.9. The van der Waals surface area contributed by atoms with E-state index in [1.165, 1.54) is 12.1 Å². The van der Waals surface area contributed by atoms with Crippen molar-refractivity contribution in [2.45, 2.75) is 15.9 Å². The van der Waals surface area contributed by atoms with Crippen molar-refractivity contribution in [2.75, 3.05) is 4.72 Å². The summed E-state index contributed by atoms with van der Waals surface area (Å²) in [5.41, 5.74) is 1.09. The topological polar surface area (TPSA) is 127 Å². The molecule has 0 saturated carbocycles.